The molecule has 1 aliphatic rings. The van der Waals surface area contributed by atoms with E-state index in [1.54, 1.807) is 0 Å². The zero-order valence-corrected chi connectivity index (χ0v) is 12.7. The number of nitrogens with zero attached hydrogens (tertiary/aromatic N) is 2. The lowest BCUT2D eigenvalue weighted by Gasteiger charge is -2.46. The second kappa shape index (κ2) is 5.62. The maximum Gasteiger partial charge on any atom is 0.151 e. The van der Waals surface area contributed by atoms with Gasteiger partial charge in [0.25, 0.3) is 0 Å². The first-order valence-corrected chi connectivity index (χ1v) is 7.55. The van der Waals surface area contributed by atoms with Crippen LogP contribution in [0.5, 0.6) is 0 Å². The summed E-state index contributed by atoms with van der Waals surface area (Å²) in [5.74, 6) is 0.851. The minimum atomic E-state index is -0.492. The van der Waals surface area contributed by atoms with Gasteiger partial charge in [-0.05, 0) is 13.3 Å². The molecule has 1 aliphatic heterocycles. The number of β-amino-alcohol motifs (C(OH)–C–C–N with tert-alkyl or cyclic N) is 1. The van der Waals surface area contributed by atoms with Gasteiger partial charge in [-0.15, -0.1) is 0 Å². The fourth-order valence-electron chi connectivity index (χ4n) is 2.99. The lowest BCUT2D eigenvalue weighted by atomic mass is 9.89. The molecule has 2 aromatic rings. The first kappa shape index (κ1) is 14.3. The Bertz CT molecular complexity index is 598. The van der Waals surface area contributed by atoms with Crippen LogP contribution < -0.4 is 0 Å². The SMILES string of the molecule is CCCC1(O)CN(Cc2cc(-c3ccc(C)cc3)no2)C1. The topological polar surface area (TPSA) is 49.5 Å². The number of aryl methyl sites for hydroxylation is 1. The van der Waals surface area contributed by atoms with Crippen molar-refractivity contribution in [3.05, 3.63) is 41.7 Å². The molecule has 0 spiro atoms. The number of hydrogen-bond acceptors (Lipinski definition) is 4. The molecule has 2 heterocycles. The van der Waals surface area contributed by atoms with Gasteiger partial charge in [0.15, 0.2) is 5.76 Å². The summed E-state index contributed by atoms with van der Waals surface area (Å²) >= 11 is 0. The van der Waals surface area contributed by atoms with Crippen LogP contribution in [0, 0.1) is 6.92 Å². The molecule has 1 saturated heterocycles. The van der Waals surface area contributed by atoms with Gasteiger partial charge in [0.1, 0.15) is 5.69 Å². The van der Waals surface area contributed by atoms with Gasteiger partial charge in [-0.1, -0.05) is 48.3 Å². The van der Waals surface area contributed by atoms with Crippen LogP contribution in [0.3, 0.4) is 0 Å². The molecule has 0 amide bonds. The Morgan fingerprint density at radius 2 is 2.00 bits per heavy atom. The van der Waals surface area contributed by atoms with E-state index in [0.29, 0.717) is 6.54 Å². The molecule has 0 atom stereocenters. The van der Waals surface area contributed by atoms with Crippen LogP contribution in [-0.4, -0.2) is 33.9 Å². The van der Waals surface area contributed by atoms with E-state index < -0.39 is 5.60 Å². The molecule has 1 N–H and O–H groups in total. The number of benzene rings is 1. The molecule has 0 saturated carbocycles. The Balaban J connectivity index is 1.60. The van der Waals surface area contributed by atoms with E-state index in [-0.39, 0.29) is 0 Å². The van der Waals surface area contributed by atoms with Gasteiger partial charge in [-0.25, -0.2) is 0 Å². The van der Waals surface area contributed by atoms with Gasteiger partial charge in [-0.3, -0.25) is 4.90 Å². The predicted molar refractivity (Wildman–Crippen MR) is 81.8 cm³/mol. The molecule has 3 rings (SSSR count). The van der Waals surface area contributed by atoms with Crippen molar-refractivity contribution in [3.8, 4) is 11.3 Å². The first-order chi connectivity index (χ1) is 10.1. The molecule has 112 valence electrons. The molecule has 0 unspecified atom stereocenters. The molecule has 1 aromatic carbocycles. The minimum Gasteiger partial charge on any atom is -0.387 e. The van der Waals surface area contributed by atoms with Crippen molar-refractivity contribution in [2.75, 3.05) is 13.1 Å². The number of rotatable bonds is 5. The van der Waals surface area contributed by atoms with Gasteiger partial charge in [0, 0.05) is 24.7 Å². The summed E-state index contributed by atoms with van der Waals surface area (Å²) in [5.41, 5.74) is 2.68. The highest BCUT2D eigenvalue weighted by molar-refractivity contribution is 5.59. The van der Waals surface area contributed by atoms with Crippen molar-refractivity contribution in [2.45, 2.75) is 38.8 Å². The Morgan fingerprint density at radius 3 is 2.67 bits per heavy atom. The summed E-state index contributed by atoms with van der Waals surface area (Å²) in [6.45, 7) is 6.33. The number of aliphatic hydroxyl groups is 1. The van der Waals surface area contributed by atoms with E-state index >= 15 is 0 Å². The van der Waals surface area contributed by atoms with Gasteiger partial charge in [-0.2, -0.15) is 0 Å². The highest BCUT2D eigenvalue weighted by atomic mass is 16.5. The zero-order valence-electron chi connectivity index (χ0n) is 12.7. The second-order valence-corrected chi connectivity index (χ2v) is 6.16. The molecule has 21 heavy (non-hydrogen) atoms. The molecule has 4 nitrogen and oxygen atoms in total. The lowest BCUT2D eigenvalue weighted by molar-refractivity contribution is -0.108. The minimum absolute atomic E-state index is 0.492. The van der Waals surface area contributed by atoms with Gasteiger partial charge < -0.3 is 9.63 Å². The lowest BCUT2D eigenvalue weighted by Crippen LogP contribution is -2.60. The van der Waals surface area contributed by atoms with E-state index in [9.17, 15) is 5.11 Å². The molecule has 0 radical (unpaired) electrons. The van der Waals surface area contributed by atoms with E-state index in [2.05, 4.69) is 48.2 Å². The summed E-state index contributed by atoms with van der Waals surface area (Å²) in [5, 5.41) is 14.3. The van der Waals surface area contributed by atoms with Crippen LogP contribution >= 0.6 is 0 Å². The summed E-state index contributed by atoms with van der Waals surface area (Å²) in [6, 6.07) is 10.2. The quantitative estimate of drug-likeness (QED) is 0.918. The van der Waals surface area contributed by atoms with Crippen LogP contribution in [0.2, 0.25) is 0 Å². The predicted octanol–water partition coefficient (Wildman–Crippen LogP) is 3.00. The van der Waals surface area contributed by atoms with Crippen molar-refractivity contribution in [2.24, 2.45) is 0 Å². The van der Waals surface area contributed by atoms with E-state index in [1.807, 2.05) is 6.07 Å². The summed E-state index contributed by atoms with van der Waals surface area (Å²) in [7, 11) is 0. The Hall–Kier alpha value is -1.65. The van der Waals surface area contributed by atoms with Crippen molar-refractivity contribution < 1.29 is 9.63 Å². The first-order valence-electron chi connectivity index (χ1n) is 7.55. The third-order valence-electron chi connectivity index (χ3n) is 4.04. The van der Waals surface area contributed by atoms with Crippen molar-refractivity contribution in [1.29, 1.82) is 0 Å². The standard InChI is InChI=1S/C17H22N2O2/c1-3-8-17(20)11-19(12-17)10-15-9-16(18-21-15)14-6-4-13(2)5-7-14/h4-7,9,20H,3,8,10-12H2,1-2H3. The number of hydrogen-bond donors (Lipinski definition) is 1. The normalized spacial score (nSPS) is 17.7. The number of aromatic nitrogens is 1. The average Bonchev–Trinajstić information content (AvgIpc) is 2.87. The molecule has 4 heteroatoms. The van der Waals surface area contributed by atoms with Crippen LogP contribution in [0.25, 0.3) is 11.3 Å². The number of likely N-dealkylation sites (tertiary alicyclic amines) is 1. The largest absolute Gasteiger partial charge is 0.387 e. The Morgan fingerprint density at radius 1 is 1.29 bits per heavy atom. The Labute approximate surface area is 125 Å². The molecule has 0 aliphatic carbocycles. The summed E-state index contributed by atoms with van der Waals surface area (Å²) in [4.78, 5) is 2.19. The molecule has 0 bridgehead atoms. The van der Waals surface area contributed by atoms with E-state index in [4.69, 9.17) is 4.52 Å². The van der Waals surface area contributed by atoms with Crippen molar-refractivity contribution >= 4 is 0 Å². The van der Waals surface area contributed by atoms with Crippen molar-refractivity contribution in [1.82, 2.24) is 10.1 Å². The van der Waals surface area contributed by atoms with E-state index in [0.717, 1.165) is 42.9 Å². The monoisotopic (exact) mass is 286 g/mol. The van der Waals surface area contributed by atoms with Gasteiger partial charge in [0.05, 0.1) is 12.1 Å². The zero-order chi connectivity index (χ0) is 14.9. The van der Waals surface area contributed by atoms with Gasteiger partial charge in [0.2, 0.25) is 0 Å². The summed E-state index contributed by atoms with van der Waals surface area (Å²) < 4.78 is 5.41. The third-order valence-corrected chi connectivity index (χ3v) is 4.04. The second-order valence-electron chi connectivity index (χ2n) is 6.16. The maximum atomic E-state index is 10.2. The smallest absolute Gasteiger partial charge is 0.151 e. The van der Waals surface area contributed by atoms with Crippen LogP contribution in [0.15, 0.2) is 34.9 Å². The summed E-state index contributed by atoms with van der Waals surface area (Å²) in [6.07, 6.45) is 1.89. The maximum absolute atomic E-state index is 10.2. The van der Waals surface area contributed by atoms with Crippen LogP contribution in [-0.2, 0) is 6.54 Å². The van der Waals surface area contributed by atoms with Crippen molar-refractivity contribution in [3.63, 3.8) is 0 Å². The fraction of sp³-hybridized carbons (Fsp3) is 0.471. The molecular weight excluding hydrogens is 264 g/mol. The average molecular weight is 286 g/mol. The van der Waals surface area contributed by atoms with Crippen LogP contribution in [0.1, 0.15) is 31.1 Å². The molecule has 1 fully saturated rings. The third kappa shape index (κ3) is 3.17. The molecule has 1 aromatic heterocycles. The van der Waals surface area contributed by atoms with E-state index in [1.165, 1.54) is 5.56 Å². The highest BCUT2D eigenvalue weighted by Crippen LogP contribution is 2.28. The molecular formula is C17H22N2O2. The highest BCUT2D eigenvalue weighted by Gasteiger charge is 2.40. The van der Waals surface area contributed by atoms with Gasteiger partial charge >= 0.3 is 0 Å². The Kier molecular flexibility index (Phi) is 3.83. The van der Waals surface area contributed by atoms with Crippen LogP contribution in [0.4, 0.5) is 0 Å². The fourth-order valence-corrected chi connectivity index (χ4v) is 2.99.